The highest BCUT2D eigenvalue weighted by molar-refractivity contribution is 4.91. The van der Waals surface area contributed by atoms with Crippen LogP contribution < -0.4 is 11.1 Å². The first kappa shape index (κ1) is 7.56. The van der Waals surface area contributed by atoms with E-state index in [1.807, 2.05) is 0 Å². The predicted octanol–water partition coefficient (Wildman–Crippen LogP) is 0.581. The van der Waals surface area contributed by atoms with Gasteiger partial charge >= 0.3 is 0 Å². The van der Waals surface area contributed by atoms with Gasteiger partial charge in [0.2, 0.25) is 0 Å². The fraction of sp³-hybridized carbons (Fsp3) is 1.00. The van der Waals surface area contributed by atoms with Crippen LogP contribution in [0, 0.1) is 17.8 Å². The van der Waals surface area contributed by atoms with Gasteiger partial charge in [-0.2, -0.15) is 0 Å². The van der Waals surface area contributed by atoms with E-state index in [0.717, 1.165) is 24.3 Å². The first-order chi connectivity index (χ1) is 5.42. The third-order valence-corrected chi connectivity index (χ3v) is 3.43. The lowest BCUT2D eigenvalue weighted by Gasteiger charge is -2.30. The van der Waals surface area contributed by atoms with E-state index in [4.69, 9.17) is 5.73 Å². The van der Waals surface area contributed by atoms with Crippen molar-refractivity contribution in [3.8, 4) is 0 Å². The molecule has 1 saturated carbocycles. The van der Waals surface area contributed by atoms with Gasteiger partial charge in [0.15, 0.2) is 0 Å². The van der Waals surface area contributed by atoms with Crippen LogP contribution in [0.2, 0.25) is 0 Å². The molecule has 2 nitrogen and oxygen atoms in total. The van der Waals surface area contributed by atoms with Crippen LogP contribution in [0.5, 0.6) is 0 Å². The minimum absolute atomic E-state index is 0.887. The summed E-state index contributed by atoms with van der Waals surface area (Å²) < 4.78 is 0. The van der Waals surface area contributed by atoms with Gasteiger partial charge < -0.3 is 11.1 Å². The number of fused-ring (bicyclic) bond motifs is 2. The molecular weight excluding hydrogens is 136 g/mol. The summed E-state index contributed by atoms with van der Waals surface area (Å²) >= 11 is 0. The van der Waals surface area contributed by atoms with Gasteiger partial charge in [-0.1, -0.05) is 0 Å². The van der Waals surface area contributed by atoms with E-state index in [9.17, 15) is 0 Å². The van der Waals surface area contributed by atoms with Crippen molar-refractivity contribution < 1.29 is 0 Å². The van der Waals surface area contributed by atoms with Gasteiger partial charge in [0.25, 0.3) is 0 Å². The maximum Gasteiger partial charge on any atom is -0.00176 e. The van der Waals surface area contributed by atoms with Gasteiger partial charge in [0, 0.05) is 0 Å². The van der Waals surface area contributed by atoms with Crippen LogP contribution in [0.1, 0.15) is 19.3 Å². The highest BCUT2D eigenvalue weighted by Crippen LogP contribution is 2.40. The maximum atomic E-state index is 5.59. The molecule has 64 valence electrons. The minimum atomic E-state index is 0.887. The lowest BCUT2D eigenvalue weighted by molar-refractivity contribution is 0.235. The molecule has 1 heterocycles. The van der Waals surface area contributed by atoms with Crippen molar-refractivity contribution in [1.29, 1.82) is 0 Å². The van der Waals surface area contributed by atoms with Crippen LogP contribution in [-0.4, -0.2) is 19.6 Å². The van der Waals surface area contributed by atoms with Crippen LogP contribution in [0.3, 0.4) is 0 Å². The van der Waals surface area contributed by atoms with E-state index in [2.05, 4.69) is 5.32 Å². The average Bonchev–Trinajstić information content (AvgIpc) is 2.30. The lowest BCUT2D eigenvalue weighted by Crippen LogP contribution is -2.38. The van der Waals surface area contributed by atoms with Crippen molar-refractivity contribution in [1.82, 2.24) is 5.32 Å². The standard InChI is InChI=1S/C9H18N2/c10-4-3-9-7-1-2-8(9)6-11-5-7/h7-9,11H,1-6,10H2. The molecule has 2 rings (SSSR count). The molecular formula is C9H18N2. The van der Waals surface area contributed by atoms with E-state index in [0.29, 0.717) is 0 Å². The molecule has 2 bridgehead atoms. The van der Waals surface area contributed by atoms with Crippen molar-refractivity contribution in [3.05, 3.63) is 0 Å². The summed E-state index contributed by atoms with van der Waals surface area (Å²) in [6.07, 6.45) is 4.15. The fourth-order valence-electron chi connectivity index (χ4n) is 2.87. The summed E-state index contributed by atoms with van der Waals surface area (Å²) in [5.41, 5.74) is 5.59. The van der Waals surface area contributed by atoms with Crippen molar-refractivity contribution >= 4 is 0 Å². The second-order valence-corrected chi connectivity index (χ2v) is 4.00. The molecule has 2 atom stereocenters. The maximum absolute atomic E-state index is 5.59. The van der Waals surface area contributed by atoms with Crippen LogP contribution >= 0.6 is 0 Å². The SMILES string of the molecule is NCCC1C2CCC1CNC2. The molecule has 0 aromatic heterocycles. The van der Waals surface area contributed by atoms with Gasteiger partial charge in [0.1, 0.15) is 0 Å². The molecule has 11 heavy (non-hydrogen) atoms. The summed E-state index contributed by atoms with van der Waals surface area (Å²) in [6.45, 7) is 3.39. The Bertz CT molecular complexity index is 120. The Kier molecular flexibility index (Phi) is 2.14. The molecule has 2 unspecified atom stereocenters. The highest BCUT2D eigenvalue weighted by Gasteiger charge is 2.37. The van der Waals surface area contributed by atoms with Crippen LogP contribution in [-0.2, 0) is 0 Å². The number of hydrogen-bond donors (Lipinski definition) is 2. The van der Waals surface area contributed by atoms with Crippen molar-refractivity contribution in [3.63, 3.8) is 0 Å². The molecule has 1 saturated heterocycles. The Hall–Kier alpha value is -0.0800. The summed E-state index contributed by atoms with van der Waals surface area (Å²) in [4.78, 5) is 0. The molecule has 2 fully saturated rings. The topological polar surface area (TPSA) is 38.0 Å². The fourth-order valence-corrected chi connectivity index (χ4v) is 2.87. The summed E-state index contributed by atoms with van der Waals surface area (Å²) in [7, 11) is 0. The minimum Gasteiger partial charge on any atom is -0.330 e. The van der Waals surface area contributed by atoms with Crippen molar-refractivity contribution in [2.75, 3.05) is 19.6 Å². The van der Waals surface area contributed by atoms with E-state index in [1.165, 1.54) is 32.4 Å². The van der Waals surface area contributed by atoms with Gasteiger partial charge in [0.05, 0.1) is 0 Å². The quantitative estimate of drug-likeness (QED) is 0.610. The average molecular weight is 154 g/mol. The van der Waals surface area contributed by atoms with Crippen LogP contribution in [0.25, 0.3) is 0 Å². The van der Waals surface area contributed by atoms with Gasteiger partial charge in [-0.15, -0.1) is 0 Å². The largest absolute Gasteiger partial charge is 0.330 e. The molecule has 0 aromatic carbocycles. The summed E-state index contributed by atoms with van der Waals surface area (Å²) in [6, 6.07) is 0. The first-order valence-corrected chi connectivity index (χ1v) is 4.82. The summed E-state index contributed by atoms with van der Waals surface area (Å²) in [5.74, 6) is 2.87. The highest BCUT2D eigenvalue weighted by atomic mass is 14.9. The molecule has 1 aliphatic heterocycles. The number of rotatable bonds is 2. The third kappa shape index (κ3) is 1.30. The van der Waals surface area contributed by atoms with Crippen molar-refractivity contribution in [2.24, 2.45) is 23.5 Å². The molecule has 2 heteroatoms. The van der Waals surface area contributed by atoms with E-state index >= 15 is 0 Å². The van der Waals surface area contributed by atoms with E-state index < -0.39 is 0 Å². The predicted molar refractivity (Wildman–Crippen MR) is 46.2 cm³/mol. The van der Waals surface area contributed by atoms with Gasteiger partial charge in [-0.3, -0.25) is 0 Å². The number of nitrogens with one attached hydrogen (secondary N) is 1. The number of piperidine rings is 1. The number of nitrogens with two attached hydrogens (primary N) is 1. The molecule has 3 N–H and O–H groups in total. The zero-order valence-electron chi connectivity index (χ0n) is 7.05. The monoisotopic (exact) mass is 154 g/mol. The molecule has 0 radical (unpaired) electrons. The lowest BCUT2D eigenvalue weighted by atomic mass is 9.84. The second kappa shape index (κ2) is 3.11. The van der Waals surface area contributed by atoms with E-state index in [-0.39, 0.29) is 0 Å². The number of hydrogen-bond acceptors (Lipinski definition) is 2. The zero-order chi connectivity index (χ0) is 7.68. The van der Waals surface area contributed by atoms with Crippen LogP contribution in [0.4, 0.5) is 0 Å². The molecule has 1 aliphatic carbocycles. The Labute approximate surface area is 68.5 Å². The normalized spacial score (nSPS) is 42.8. The smallest absolute Gasteiger partial charge is 0.00176 e. The molecule has 2 aliphatic rings. The Morgan fingerprint density at radius 3 is 2.36 bits per heavy atom. The first-order valence-electron chi connectivity index (χ1n) is 4.82. The summed E-state index contributed by atoms with van der Waals surface area (Å²) in [5, 5.41) is 3.49. The Morgan fingerprint density at radius 1 is 1.18 bits per heavy atom. The zero-order valence-corrected chi connectivity index (χ0v) is 7.05. The van der Waals surface area contributed by atoms with E-state index in [1.54, 1.807) is 0 Å². The molecule has 0 amide bonds. The Morgan fingerprint density at radius 2 is 1.82 bits per heavy atom. The van der Waals surface area contributed by atoms with Gasteiger partial charge in [-0.05, 0) is 56.7 Å². The Balaban J connectivity index is 1.97. The van der Waals surface area contributed by atoms with Crippen LogP contribution in [0.15, 0.2) is 0 Å². The van der Waals surface area contributed by atoms with Gasteiger partial charge in [-0.25, -0.2) is 0 Å². The third-order valence-electron chi connectivity index (χ3n) is 3.43. The second-order valence-electron chi connectivity index (χ2n) is 4.00. The molecule has 0 spiro atoms. The molecule has 0 aromatic rings. The van der Waals surface area contributed by atoms with Crippen molar-refractivity contribution in [2.45, 2.75) is 19.3 Å².